The van der Waals surface area contributed by atoms with Crippen LogP contribution in [0.2, 0.25) is 0 Å². The first-order valence-electron chi connectivity index (χ1n) is 7.77. The summed E-state index contributed by atoms with van der Waals surface area (Å²) >= 11 is 1.63. The molecule has 6 heteroatoms. The number of halogens is 1. The number of aryl methyl sites for hydroxylation is 1. The zero-order valence-corrected chi connectivity index (χ0v) is 14.8. The maximum Gasteiger partial charge on any atom is 0.230 e. The first-order chi connectivity index (χ1) is 10.6. The standard InChI is InChI=1S/C17H21N3OS.ClH/c1-2-11-5-8-14-15(9-11)22-17(19-14)20-16(21)10-12-3-6-13(18)7-4-12;/h3-4,6-7,11H,2,5,8-10,18H2,1H3,(H,19,20,21);1H. The fraction of sp³-hybridized carbons (Fsp3) is 0.412. The van der Waals surface area contributed by atoms with Crippen molar-refractivity contribution in [2.45, 2.75) is 39.0 Å². The first kappa shape index (κ1) is 17.8. The van der Waals surface area contributed by atoms with E-state index in [1.54, 1.807) is 11.3 Å². The van der Waals surface area contributed by atoms with Crippen molar-refractivity contribution in [3.05, 3.63) is 40.4 Å². The summed E-state index contributed by atoms with van der Waals surface area (Å²) in [5.74, 6) is 0.745. The predicted octanol–water partition coefficient (Wildman–Crippen LogP) is 3.84. The Bertz CT molecular complexity index is 669. The van der Waals surface area contributed by atoms with Gasteiger partial charge < -0.3 is 11.1 Å². The van der Waals surface area contributed by atoms with Gasteiger partial charge in [-0.15, -0.1) is 23.7 Å². The van der Waals surface area contributed by atoms with E-state index in [2.05, 4.69) is 17.2 Å². The molecule has 1 heterocycles. The lowest BCUT2D eigenvalue weighted by Gasteiger charge is -2.18. The fourth-order valence-corrected chi connectivity index (χ4v) is 3.97. The zero-order chi connectivity index (χ0) is 15.5. The Morgan fingerprint density at radius 1 is 1.39 bits per heavy atom. The van der Waals surface area contributed by atoms with Crippen LogP contribution in [0, 0.1) is 5.92 Å². The molecule has 0 fully saturated rings. The monoisotopic (exact) mass is 351 g/mol. The van der Waals surface area contributed by atoms with Crippen molar-refractivity contribution in [3.8, 4) is 0 Å². The van der Waals surface area contributed by atoms with Gasteiger partial charge in [0.25, 0.3) is 0 Å². The van der Waals surface area contributed by atoms with Crippen LogP contribution in [0.15, 0.2) is 24.3 Å². The van der Waals surface area contributed by atoms with Crippen LogP contribution in [0.25, 0.3) is 0 Å². The van der Waals surface area contributed by atoms with Crippen LogP contribution in [0.3, 0.4) is 0 Å². The number of nitrogens with zero attached hydrogens (tertiary/aromatic N) is 1. The van der Waals surface area contributed by atoms with Gasteiger partial charge in [-0.05, 0) is 42.9 Å². The highest BCUT2D eigenvalue weighted by Crippen LogP contribution is 2.33. The van der Waals surface area contributed by atoms with Crippen LogP contribution in [-0.4, -0.2) is 10.9 Å². The summed E-state index contributed by atoms with van der Waals surface area (Å²) < 4.78 is 0. The minimum Gasteiger partial charge on any atom is -0.399 e. The number of nitrogen functional groups attached to an aromatic ring is 1. The Balaban J connectivity index is 0.00000192. The summed E-state index contributed by atoms with van der Waals surface area (Å²) in [4.78, 5) is 18.1. The van der Waals surface area contributed by atoms with Crippen LogP contribution in [0.4, 0.5) is 10.8 Å². The quantitative estimate of drug-likeness (QED) is 0.822. The number of nitrogens with one attached hydrogen (secondary N) is 1. The Kier molecular flexibility index (Phi) is 6.02. The third-order valence-corrected chi connectivity index (χ3v) is 5.25. The van der Waals surface area contributed by atoms with E-state index < -0.39 is 0 Å². The number of benzene rings is 1. The molecule has 1 unspecified atom stereocenters. The summed E-state index contributed by atoms with van der Waals surface area (Å²) in [6.07, 6.45) is 4.93. The van der Waals surface area contributed by atoms with Gasteiger partial charge in [0, 0.05) is 10.6 Å². The van der Waals surface area contributed by atoms with Crippen LogP contribution in [0.5, 0.6) is 0 Å². The van der Waals surface area contributed by atoms with Crippen LogP contribution >= 0.6 is 23.7 Å². The van der Waals surface area contributed by atoms with Gasteiger partial charge in [-0.25, -0.2) is 4.98 Å². The average Bonchev–Trinajstić information content (AvgIpc) is 2.90. The molecule has 4 nitrogen and oxygen atoms in total. The van der Waals surface area contributed by atoms with E-state index in [0.29, 0.717) is 12.1 Å². The number of thiazole rings is 1. The van der Waals surface area contributed by atoms with Crippen molar-refractivity contribution in [3.63, 3.8) is 0 Å². The molecule has 1 aromatic heterocycles. The van der Waals surface area contributed by atoms with Gasteiger partial charge in [0.2, 0.25) is 5.91 Å². The largest absolute Gasteiger partial charge is 0.399 e. The van der Waals surface area contributed by atoms with Crippen molar-refractivity contribution in [2.24, 2.45) is 5.92 Å². The Hall–Kier alpha value is -1.59. The maximum atomic E-state index is 12.1. The molecule has 23 heavy (non-hydrogen) atoms. The van der Waals surface area contributed by atoms with Crippen LogP contribution < -0.4 is 11.1 Å². The summed E-state index contributed by atoms with van der Waals surface area (Å²) in [6, 6.07) is 7.40. The molecule has 1 amide bonds. The van der Waals surface area contributed by atoms with Crippen molar-refractivity contribution in [2.75, 3.05) is 11.1 Å². The average molecular weight is 352 g/mol. The van der Waals surface area contributed by atoms with Gasteiger partial charge >= 0.3 is 0 Å². The number of carbonyl (C=O) groups is 1. The Labute approximate surface area is 146 Å². The lowest BCUT2D eigenvalue weighted by molar-refractivity contribution is -0.115. The molecule has 0 radical (unpaired) electrons. The third kappa shape index (κ3) is 4.45. The third-order valence-electron chi connectivity index (χ3n) is 4.21. The Morgan fingerprint density at radius 3 is 2.83 bits per heavy atom. The molecule has 3 N–H and O–H groups in total. The molecule has 0 spiro atoms. The van der Waals surface area contributed by atoms with E-state index in [1.807, 2.05) is 24.3 Å². The van der Waals surface area contributed by atoms with Crippen LogP contribution in [-0.2, 0) is 24.1 Å². The van der Waals surface area contributed by atoms with E-state index in [1.165, 1.54) is 23.4 Å². The van der Waals surface area contributed by atoms with Gasteiger partial charge in [0.1, 0.15) is 0 Å². The second-order valence-corrected chi connectivity index (χ2v) is 6.96. The number of hydrogen-bond acceptors (Lipinski definition) is 4. The van der Waals surface area contributed by atoms with Gasteiger partial charge in [-0.3, -0.25) is 4.79 Å². The highest BCUT2D eigenvalue weighted by molar-refractivity contribution is 7.15. The van der Waals surface area contributed by atoms with E-state index in [4.69, 9.17) is 5.73 Å². The van der Waals surface area contributed by atoms with E-state index in [-0.39, 0.29) is 18.3 Å². The minimum atomic E-state index is -0.0251. The summed E-state index contributed by atoms with van der Waals surface area (Å²) in [7, 11) is 0. The minimum absolute atomic E-state index is 0. The second-order valence-electron chi connectivity index (χ2n) is 5.87. The lowest BCUT2D eigenvalue weighted by atomic mass is 9.89. The highest BCUT2D eigenvalue weighted by Gasteiger charge is 2.21. The molecule has 1 aliphatic rings. The number of nitrogens with two attached hydrogens (primary N) is 1. The van der Waals surface area contributed by atoms with E-state index in [0.717, 1.165) is 29.5 Å². The van der Waals surface area contributed by atoms with Gasteiger partial charge in [0.05, 0.1) is 12.1 Å². The number of aromatic nitrogens is 1. The summed E-state index contributed by atoms with van der Waals surface area (Å²) in [5, 5.41) is 3.67. The van der Waals surface area contributed by atoms with Gasteiger partial charge in [-0.2, -0.15) is 0 Å². The molecule has 1 aromatic carbocycles. The Morgan fingerprint density at radius 2 is 2.13 bits per heavy atom. The maximum absolute atomic E-state index is 12.1. The van der Waals surface area contributed by atoms with Gasteiger partial charge in [-0.1, -0.05) is 25.5 Å². The van der Waals surface area contributed by atoms with E-state index in [9.17, 15) is 4.79 Å². The number of rotatable bonds is 4. The smallest absolute Gasteiger partial charge is 0.230 e. The normalized spacial score (nSPS) is 16.3. The SMILES string of the molecule is CCC1CCc2nc(NC(=O)Cc3ccc(N)cc3)sc2C1.Cl. The summed E-state index contributed by atoms with van der Waals surface area (Å²) in [5.41, 5.74) is 8.50. The second kappa shape index (κ2) is 7.79. The van der Waals surface area contributed by atoms with Crippen molar-refractivity contribution < 1.29 is 4.79 Å². The molecular weight excluding hydrogens is 330 g/mol. The predicted molar refractivity (Wildman–Crippen MR) is 98.4 cm³/mol. The molecule has 3 rings (SSSR count). The molecule has 1 aliphatic carbocycles. The molecule has 1 atom stereocenters. The molecular formula is C17H22ClN3OS. The molecule has 0 saturated heterocycles. The van der Waals surface area contributed by atoms with Crippen molar-refractivity contribution >= 4 is 40.5 Å². The topological polar surface area (TPSA) is 68.0 Å². The number of fused-ring (bicyclic) bond motifs is 1. The van der Waals surface area contributed by atoms with Crippen LogP contribution in [0.1, 0.15) is 35.9 Å². The number of anilines is 2. The number of amides is 1. The van der Waals surface area contributed by atoms with E-state index >= 15 is 0 Å². The highest BCUT2D eigenvalue weighted by atomic mass is 35.5. The number of hydrogen-bond donors (Lipinski definition) is 2. The number of carbonyl (C=O) groups excluding carboxylic acids is 1. The van der Waals surface area contributed by atoms with Crippen molar-refractivity contribution in [1.29, 1.82) is 0 Å². The molecule has 2 aromatic rings. The molecule has 124 valence electrons. The van der Waals surface area contributed by atoms with Gasteiger partial charge in [0.15, 0.2) is 5.13 Å². The first-order valence-corrected chi connectivity index (χ1v) is 8.58. The molecule has 0 saturated carbocycles. The molecule has 0 aliphatic heterocycles. The lowest BCUT2D eigenvalue weighted by Crippen LogP contribution is -2.14. The summed E-state index contributed by atoms with van der Waals surface area (Å²) in [6.45, 7) is 2.24. The fourth-order valence-electron chi connectivity index (χ4n) is 2.83. The van der Waals surface area contributed by atoms with Crippen molar-refractivity contribution in [1.82, 2.24) is 4.98 Å². The molecule has 0 bridgehead atoms. The zero-order valence-electron chi connectivity index (χ0n) is 13.2.